The topological polar surface area (TPSA) is 0 Å². The Bertz CT molecular complexity index is 284. The minimum absolute atomic E-state index is 0.486. The van der Waals surface area contributed by atoms with Crippen molar-refractivity contribution < 1.29 is 0 Å². The van der Waals surface area contributed by atoms with E-state index in [9.17, 15) is 0 Å². The van der Waals surface area contributed by atoms with E-state index in [4.69, 9.17) is 0 Å². The molecule has 0 amide bonds. The highest BCUT2D eigenvalue weighted by Crippen LogP contribution is 2.24. The molecule has 1 aromatic carbocycles. The van der Waals surface area contributed by atoms with Crippen LogP contribution in [0.5, 0.6) is 0 Å². The first-order valence-corrected chi connectivity index (χ1v) is 4.03. The summed E-state index contributed by atoms with van der Waals surface area (Å²) < 4.78 is 0. The SMILES string of the molecule is C[C@@H]1[C]=CCc2ccccc21. The van der Waals surface area contributed by atoms with Crippen molar-refractivity contribution in [1.29, 1.82) is 0 Å². The van der Waals surface area contributed by atoms with Crippen molar-refractivity contribution in [1.82, 2.24) is 0 Å². The quantitative estimate of drug-likeness (QED) is 0.524. The van der Waals surface area contributed by atoms with E-state index in [0.29, 0.717) is 5.92 Å². The summed E-state index contributed by atoms with van der Waals surface area (Å²) in [5.41, 5.74) is 2.90. The van der Waals surface area contributed by atoms with Crippen molar-refractivity contribution in [3.05, 3.63) is 47.5 Å². The molecule has 1 aliphatic rings. The Kier molecular flexibility index (Phi) is 1.54. The summed E-state index contributed by atoms with van der Waals surface area (Å²) in [6.45, 7) is 2.19. The van der Waals surface area contributed by atoms with Gasteiger partial charge in [0.25, 0.3) is 0 Å². The van der Waals surface area contributed by atoms with Crippen LogP contribution in [0.1, 0.15) is 24.0 Å². The predicted octanol–water partition coefficient (Wildman–Crippen LogP) is 2.71. The van der Waals surface area contributed by atoms with Gasteiger partial charge in [-0.1, -0.05) is 37.3 Å². The summed E-state index contributed by atoms with van der Waals surface area (Å²) in [7, 11) is 0. The van der Waals surface area contributed by atoms with Crippen LogP contribution in [0.3, 0.4) is 0 Å². The highest BCUT2D eigenvalue weighted by molar-refractivity contribution is 5.35. The standard InChI is InChI=1S/C11H11/c1-9-5-4-7-10-6-2-3-8-11(9)10/h2-4,6,8-9H,7H2,1H3/t9-/m1/s1. The van der Waals surface area contributed by atoms with E-state index in [1.807, 2.05) is 0 Å². The Balaban J connectivity index is 2.50. The number of rotatable bonds is 0. The fourth-order valence-electron chi connectivity index (χ4n) is 1.58. The fraction of sp³-hybridized carbons (Fsp3) is 0.273. The van der Waals surface area contributed by atoms with Gasteiger partial charge in [0.2, 0.25) is 0 Å². The van der Waals surface area contributed by atoms with Crippen LogP contribution < -0.4 is 0 Å². The first-order chi connectivity index (χ1) is 5.38. The third-order valence-corrected chi connectivity index (χ3v) is 2.21. The van der Waals surface area contributed by atoms with Crippen LogP contribution in [0.15, 0.2) is 30.3 Å². The van der Waals surface area contributed by atoms with E-state index in [-0.39, 0.29) is 0 Å². The second-order valence-electron chi connectivity index (χ2n) is 3.00. The molecule has 55 valence electrons. The molecule has 0 fully saturated rings. The van der Waals surface area contributed by atoms with Crippen molar-refractivity contribution in [3.8, 4) is 0 Å². The van der Waals surface area contributed by atoms with Gasteiger partial charge in [-0.05, 0) is 23.6 Å². The van der Waals surface area contributed by atoms with Gasteiger partial charge in [-0.15, -0.1) is 0 Å². The minimum atomic E-state index is 0.486. The van der Waals surface area contributed by atoms with Gasteiger partial charge in [-0.2, -0.15) is 0 Å². The molecule has 0 heterocycles. The molecular weight excluding hydrogens is 132 g/mol. The Hall–Kier alpha value is -1.04. The Labute approximate surface area is 67.6 Å². The van der Waals surface area contributed by atoms with Gasteiger partial charge >= 0.3 is 0 Å². The Morgan fingerprint density at radius 2 is 2.18 bits per heavy atom. The normalized spacial score (nSPS) is 21.4. The largest absolute Gasteiger partial charge is 0.0760 e. The molecule has 0 N–H and O–H groups in total. The summed E-state index contributed by atoms with van der Waals surface area (Å²) >= 11 is 0. The molecule has 0 heteroatoms. The highest BCUT2D eigenvalue weighted by atomic mass is 14.1. The number of fused-ring (bicyclic) bond motifs is 1. The molecule has 0 nitrogen and oxygen atoms in total. The van der Waals surface area contributed by atoms with Gasteiger partial charge in [-0.3, -0.25) is 0 Å². The van der Waals surface area contributed by atoms with Crippen molar-refractivity contribution in [2.75, 3.05) is 0 Å². The molecular formula is C11H11. The van der Waals surface area contributed by atoms with E-state index in [2.05, 4.69) is 43.3 Å². The van der Waals surface area contributed by atoms with E-state index < -0.39 is 0 Å². The molecule has 0 unspecified atom stereocenters. The van der Waals surface area contributed by atoms with Gasteiger partial charge in [0.05, 0.1) is 0 Å². The third kappa shape index (κ3) is 1.09. The molecule has 2 rings (SSSR count). The second kappa shape index (κ2) is 2.54. The first-order valence-electron chi connectivity index (χ1n) is 4.03. The molecule has 0 saturated carbocycles. The lowest BCUT2D eigenvalue weighted by molar-refractivity contribution is 0.882. The zero-order valence-corrected chi connectivity index (χ0v) is 6.67. The van der Waals surface area contributed by atoms with Crippen LogP contribution in [0, 0.1) is 6.08 Å². The van der Waals surface area contributed by atoms with Gasteiger partial charge in [0.15, 0.2) is 0 Å². The summed E-state index contributed by atoms with van der Waals surface area (Å²) in [5, 5.41) is 0. The van der Waals surface area contributed by atoms with Gasteiger partial charge in [-0.25, -0.2) is 0 Å². The molecule has 0 aromatic heterocycles. The molecule has 0 spiro atoms. The van der Waals surface area contributed by atoms with E-state index >= 15 is 0 Å². The monoisotopic (exact) mass is 143 g/mol. The van der Waals surface area contributed by atoms with Crippen LogP contribution in [0.2, 0.25) is 0 Å². The summed E-state index contributed by atoms with van der Waals surface area (Å²) in [5.74, 6) is 0.486. The van der Waals surface area contributed by atoms with E-state index in [0.717, 1.165) is 6.42 Å². The molecule has 1 aliphatic carbocycles. The lowest BCUT2D eigenvalue weighted by Gasteiger charge is -2.15. The van der Waals surface area contributed by atoms with E-state index in [1.165, 1.54) is 11.1 Å². The average molecular weight is 143 g/mol. The molecule has 1 atom stereocenters. The number of hydrogen-bond acceptors (Lipinski definition) is 0. The van der Waals surface area contributed by atoms with Crippen LogP contribution in [0.25, 0.3) is 0 Å². The van der Waals surface area contributed by atoms with Crippen molar-refractivity contribution in [2.24, 2.45) is 0 Å². The maximum atomic E-state index is 3.31. The summed E-state index contributed by atoms with van der Waals surface area (Å²) in [6.07, 6.45) is 6.50. The first kappa shape index (κ1) is 6.66. The van der Waals surface area contributed by atoms with Crippen molar-refractivity contribution in [2.45, 2.75) is 19.3 Å². The molecule has 1 aromatic rings. The van der Waals surface area contributed by atoms with E-state index in [1.54, 1.807) is 0 Å². The van der Waals surface area contributed by atoms with Gasteiger partial charge in [0, 0.05) is 5.92 Å². The summed E-state index contributed by atoms with van der Waals surface area (Å²) in [6, 6.07) is 8.59. The van der Waals surface area contributed by atoms with Crippen molar-refractivity contribution >= 4 is 0 Å². The highest BCUT2D eigenvalue weighted by Gasteiger charge is 2.09. The second-order valence-corrected chi connectivity index (χ2v) is 3.00. The maximum absolute atomic E-state index is 3.31. The predicted molar refractivity (Wildman–Crippen MR) is 46.4 cm³/mol. The van der Waals surface area contributed by atoms with Crippen LogP contribution in [0.4, 0.5) is 0 Å². The molecule has 11 heavy (non-hydrogen) atoms. The van der Waals surface area contributed by atoms with Crippen LogP contribution in [-0.4, -0.2) is 0 Å². The maximum Gasteiger partial charge on any atom is 0.00636 e. The molecule has 0 saturated heterocycles. The minimum Gasteiger partial charge on any atom is -0.0760 e. The number of hydrogen-bond donors (Lipinski definition) is 0. The lowest BCUT2D eigenvalue weighted by atomic mass is 9.89. The Morgan fingerprint density at radius 1 is 1.36 bits per heavy atom. The number of benzene rings is 1. The third-order valence-electron chi connectivity index (χ3n) is 2.21. The zero-order valence-electron chi connectivity index (χ0n) is 6.67. The Morgan fingerprint density at radius 3 is 3.00 bits per heavy atom. The molecule has 0 bridgehead atoms. The van der Waals surface area contributed by atoms with Crippen molar-refractivity contribution in [3.63, 3.8) is 0 Å². The molecule has 0 aliphatic heterocycles. The number of allylic oxidation sites excluding steroid dienone is 2. The van der Waals surface area contributed by atoms with Crippen LogP contribution >= 0.6 is 0 Å². The fourth-order valence-corrected chi connectivity index (χ4v) is 1.58. The zero-order chi connectivity index (χ0) is 7.68. The molecule has 1 radical (unpaired) electrons. The lowest BCUT2D eigenvalue weighted by Crippen LogP contribution is -2.01. The smallest absolute Gasteiger partial charge is 0.00636 e. The van der Waals surface area contributed by atoms with Gasteiger partial charge < -0.3 is 0 Å². The summed E-state index contributed by atoms with van der Waals surface area (Å²) in [4.78, 5) is 0. The van der Waals surface area contributed by atoms with Gasteiger partial charge in [0.1, 0.15) is 0 Å². The average Bonchev–Trinajstić information content (AvgIpc) is 2.06. The van der Waals surface area contributed by atoms with Crippen LogP contribution in [-0.2, 0) is 6.42 Å².